The molecule has 3 aromatic rings. The zero-order chi connectivity index (χ0) is 22.7. The van der Waals surface area contributed by atoms with Gasteiger partial charge in [0.15, 0.2) is 0 Å². The quantitative estimate of drug-likeness (QED) is 0.572. The summed E-state index contributed by atoms with van der Waals surface area (Å²) in [7, 11) is -2.59. The maximum absolute atomic E-state index is 13.0. The third-order valence-corrected chi connectivity index (χ3v) is 6.63. The van der Waals surface area contributed by atoms with Gasteiger partial charge in [0, 0.05) is 17.7 Å². The summed E-state index contributed by atoms with van der Waals surface area (Å²) in [4.78, 5) is 12.6. The molecule has 1 heterocycles. The van der Waals surface area contributed by atoms with Gasteiger partial charge in [0.2, 0.25) is 0 Å². The molecule has 7 nitrogen and oxygen atoms in total. The number of hydrogen-bond donors (Lipinski definition) is 2. The van der Waals surface area contributed by atoms with E-state index in [4.69, 9.17) is 9.47 Å². The average Bonchev–Trinajstić information content (AvgIpc) is 3.21. The van der Waals surface area contributed by atoms with E-state index in [0.717, 1.165) is 16.9 Å². The van der Waals surface area contributed by atoms with Gasteiger partial charge in [0.1, 0.15) is 22.5 Å². The third kappa shape index (κ3) is 4.70. The number of anilines is 1. The normalized spacial score (nSPS) is 14.9. The number of benzene rings is 3. The van der Waals surface area contributed by atoms with Crippen LogP contribution in [0.25, 0.3) is 0 Å². The van der Waals surface area contributed by atoms with Gasteiger partial charge in [-0.05, 0) is 48.9 Å². The maximum atomic E-state index is 13.0. The molecule has 0 saturated heterocycles. The second kappa shape index (κ2) is 8.92. The van der Waals surface area contributed by atoms with Crippen LogP contribution in [0.5, 0.6) is 11.5 Å². The van der Waals surface area contributed by atoms with Crippen LogP contribution in [0, 0.1) is 6.92 Å². The number of ether oxygens (including phenoxy) is 2. The molecule has 0 aliphatic carbocycles. The van der Waals surface area contributed by atoms with E-state index in [0.29, 0.717) is 18.7 Å². The van der Waals surface area contributed by atoms with Crippen molar-refractivity contribution >= 4 is 21.6 Å². The Bertz CT molecular complexity index is 1210. The number of fused-ring (bicyclic) bond motifs is 1. The Labute approximate surface area is 187 Å². The number of carbonyl (C=O) groups excluding carboxylic acids is 1. The van der Waals surface area contributed by atoms with Crippen molar-refractivity contribution in [1.29, 1.82) is 0 Å². The van der Waals surface area contributed by atoms with Crippen LogP contribution in [0.4, 0.5) is 5.69 Å². The predicted molar refractivity (Wildman–Crippen MR) is 122 cm³/mol. The van der Waals surface area contributed by atoms with E-state index in [-0.39, 0.29) is 28.2 Å². The van der Waals surface area contributed by atoms with Gasteiger partial charge in [0.05, 0.1) is 13.7 Å². The monoisotopic (exact) mass is 452 g/mol. The number of methoxy groups -OCH3 is 1. The Morgan fingerprint density at radius 3 is 2.56 bits per heavy atom. The van der Waals surface area contributed by atoms with Crippen LogP contribution in [-0.2, 0) is 16.4 Å². The van der Waals surface area contributed by atoms with E-state index in [1.54, 1.807) is 12.1 Å². The van der Waals surface area contributed by atoms with Crippen molar-refractivity contribution in [3.63, 3.8) is 0 Å². The van der Waals surface area contributed by atoms with Gasteiger partial charge in [-0.25, -0.2) is 8.42 Å². The number of nitrogens with one attached hydrogen (secondary N) is 2. The summed E-state index contributed by atoms with van der Waals surface area (Å²) < 4.78 is 39.6. The van der Waals surface area contributed by atoms with Crippen molar-refractivity contribution in [1.82, 2.24) is 5.32 Å². The Morgan fingerprint density at radius 1 is 1.09 bits per heavy atom. The van der Waals surface area contributed by atoms with Crippen LogP contribution in [0.2, 0.25) is 0 Å². The lowest BCUT2D eigenvalue weighted by Crippen LogP contribution is -2.34. The molecular formula is C24H24N2O5S. The molecule has 0 radical (unpaired) electrons. The fraction of sp³-hybridized carbons (Fsp3) is 0.208. The van der Waals surface area contributed by atoms with E-state index in [9.17, 15) is 13.2 Å². The molecule has 8 heteroatoms. The van der Waals surface area contributed by atoms with Crippen molar-refractivity contribution in [2.24, 2.45) is 0 Å². The second-order valence-corrected chi connectivity index (χ2v) is 9.25. The zero-order valence-electron chi connectivity index (χ0n) is 17.8. The molecule has 1 atom stereocenters. The Morgan fingerprint density at radius 2 is 1.84 bits per heavy atom. The van der Waals surface area contributed by atoms with E-state index < -0.39 is 10.0 Å². The van der Waals surface area contributed by atoms with Crippen molar-refractivity contribution in [2.45, 2.75) is 24.3 Å². The van der Waals surface area contributed by atoms with Gasteiger partial charge in [0.25, 0.3) is 15.9 Å². The fourth-order valence-electron chi connectivity index (χ4n) is 3.54. The minimum Gasteiger partial charge on any atom is -0.495 e. The van der Waals surface area contributed by atoms with Crippen molar-refractivity contribution in [3.8, 4) is 11.5 Å². The van der Waals surface area contributed by atoms with Crippen molar-refractivity contribution in [2.75, 3.05) is 18.4 Å². The van der Waals surface area contributed by atoms with E-state index in [1.807, 2.05) is 43.3 Å². The van der Waals surface area contributed by atoms with Gasteiger partial charge >= 0.3 is 0 Å². The number of para-hydroxylation sites is 1. The summed E-state index contributed by atoms with van der Waals surface area (Å²) in [6.45, 7) is 2.22. The number of hydrogen-bond acceptors (Lipinski definition) is 5. The molecule has 1 unspecified atom stereocenters. The summed E-state index contributed by atoms with van der Waals surface area (Å²) in [5.41, 5.74) is 2.75. The fourth-order valence-corrected chi connectivity index (χ4v) is 4.79. The minimum absolute atomic E-state index is 0.113. The molecule has 1 amide bonds. The molecular weight excluding hydrogens is 428 g/mol. The summed E-state index contributed by atoms with van der Waals surface area (Å²) in [6.07, 6.45) is 0.542. The Kier molecular flexibility index (Phi) is 6.05. The van der Waals surface area contributed by atoms with Crippen molar-refractivity contribution in [3.05, 3.63) is 83.4 Å². The largest absolute Gasteiger partial charge is 0.495 e. The lowest BCUT2D eigenvalue weighted by atomic mass is 10.1. The van der Waals surface area contributed by atoms with Crippen molar-refractivity contribution < 1.29 is 22.7 Å². The van der Waals surface area contributed by atoms with Crippen LogP contribution >= 0.6 is 0 Å². The number of rotatable bonds is 7. The molecule has 3 aromatic carbocycles. The molecule has 0 bridgehead atoms. The molecule has 4 rings (SSSR count). The minimum atomic E-state index is -3.97. The molecule has 2 N–H and O–H groups in total. The number of aryl methyl sites for hydroxylation is 1. The number of amides is 1. The molecule has 1 aliphatic rings. The smallest absolute Gasteiger partial charge is 0.265 e. The van der Waals surface area contributed by atoms with Crippen LogP contribution in [0.15, 0.2) is 71.6 Å². The molecule has 166 valence electrons. The summed E-state index contributed by atoms with van der Waals surface area (Å²) in [5.74, 6) is 0.585. The first kappa shape index (κ1) is 21.7. The predicted octanol–water partition coefficient (Wildman–Crippen LogP) is 3.54. The second-order valence-electron chi connectivity index (χ2n) is 7.60. The van der Waals surface area contributed by atoms with E-state index in [2.05, 4.69) is 10.0 Å². The average molecular weight is 453 g/mol. The van der Waals surface area contributed by atoms with Gasteiger partial charge in [-0.3, -0.25) is 9.52 Å². The number of sulfonamides is 1. The topological polar surface area (TPSA) is 93.7 Å². The molecule has 0 fully saturated rings. The first-order valence-corrected chi connectivity index (χ1v) is 11.6. The summed E-state index contributed by atoms with van der Waals surface area (Å²) in [5, 5.41) is 2.83. The van der Waals surface area contributed by atoms with E-state index >= 15 is 0 Å². The van der Waals surface area contributed by atoms with Crippen LogP contribution in [0.1, 0.15) is 21.5 Å². The highest BCUT2D eigenvalue weighted by molar-refractivity contribution is 7.92. The highest BCUT2D eigenvalue weighted by atomic mass is 32.2. The van der Waals surface area contributed by atoms with Gasteiger partial charge in [-0.1, -0.05) is 35.9 Å². The SMILES string of the molecule is COc1ccc(C(=O)NCC2Cc3ccccc3O2)cc1S(=O)(=O)Nc1ccc(C)cc1. The van der Waals surface area contributed by atoms with Crippen LogP contribution in [0.3, 0.4) is 0 Å². The summed E-state index contributed by atoms with van der Waals surface area (Å²) >= 11 is 0. The molecule has 0 saturated carbocycles. The van der Waals surface area contributed by atoms with E-state index in [1.165, 1.54) is 25.3 Å². The highest BCUT2D eigenvalue weighted by Gasteiger charge is 2.25. The van der Waals surface area contributed by atoms with Gasteiger partial charge < -0.3 is 14.8 Å². The lowest BCUT2D eigenvalue weighted by Gasteiger charge is -2.15. The molecule has 0 spiro atoms. The van der Waals surface area contributed by atoms with Crippen LogP contribution in [-0.4, -0.2) is 34.1 Å². The van der Waals surface area contributed by atoms with Crippen LogP contribution < -0.4 is 19.5 Å². The Hall–Kier alpha value is -3.52. The third-order valence-electron chi connectivity index (χ3n) is 5.22. The molecule has 0 aromatic heterocycles. The highest BCUT2D eigenvalue weighted by Crippen LogP contribution is 2.29. The first-order valence-electron chi connectivity index (χ1n) is 10.2. The van der Waals surface area contributed by atoms with Gasteiger partial charge in [-0.15, -0.1) is 0 Å². The first-order chi connectivity index (χ1) is 15.4. The molecule has 1 aliphatic heterocycles. The maximum Gasteiger partial charge on any atom is 0.265 e. The standard InChI is InChI=1S/C24H24N2O5S/c1-16-7-10-19(11-8-16)26-32(28,29)23-14-18(9-12-22(23)30-2)24(27)25-15-20-13-17-5-3-4-6-21(17)31-20/h3-12,14,20,26H,13,15H2,1-2H3,(H,25,27). The molecule has 32 heavy (non-hydrogen) atoms. The Balaban J connectivity index is 1.48. The van der Waals surface area contributed by atoms with Gasteiger partial charge in [-0.2, -0.15) is 0 Å². The lowest BCUT2D eigenvalue weighted by molar-refractivity contribution is 0.0933. The zero-order valence-corrected chi connectivity index (χ0v) is 18.6. The summed E-state index contributed by atoms with van der Waals surface area (Å²) in [6, 6.07) is 19.0. The number of carbonyl (C=O) groups is 1.